The minimum Gasteiger partial charge on any atom is -0.490 e. The number of benzene rings is 1. The van der Waals surface area contributed by atoms with Crippen molar-refractivity contribution in [3.05, 3.63) is 64.3 Å². The second-order valence-corrected chi connectivity index (χ2v) is 4.42. The zero-order valence-corrected chi connectivity index (χ0v) is 11.9. The van der Waals surface area contributed by atoms with Crippen LogP contribution in [0.5, 0.6) is 5.75 Å². The summed E-state index contributed by atoms with van der Waals surface area (Å²) in [5.41, 5.74) is 0.458. The van der Waals surface area contributed by atoms with Crippen LogP contribution in [0.1, 0.15) is 5.56 Å². The molecule has 0 bridgehead atoms. The summed E-state index contributed by atoms with van der Waals surface area (Å²) in [5.74, 6) is 5.64. The molecule has 0 aliphatic rings. The number of hydrogen-bond acceptors (Lipinski definition) is 2. The molecule has 1 aromatic heterocycles. The predicted octanol–water partition coefficient (Wildman–Crippen LogP) is 2.66. The fourth-order valence-electron chi connectivity index (χ4n) is 1.75. The van der Waals surface area contributed by atoms with Crippen LogP contribution in [0.15, 0.2) is 47.4 Å². The van der Waals surface area contributed by atoms with Gasteiger partial charge in [-0.1, -0.05) is 17.9 Å². The number of halogens is 2. The molecule has 0 atom stereocenters. The SMILES string of the molecule is O=c1ccccn1CCOc1cc(F)ccc1C#CCCl. The minimum atomic E-state index is -0.404. The van der Waals surface area contributed by atoms with E-state index in [1.54, 1.807) is 24.4 Å². The molecule has 3 nitrogen and oxygen atoms in total. The Morgan fingerprint density at radius 1 is 1.29 bits per heavy atom. The zero-order valence-electron chi connectivity index (χ0n) is 11.2. The van der Waals surface area contributed by atoms with Gasteiger partial charge in [0.2, 0.25) is 0 Å². The first-order valence-corrected chi connectivity index (χ1v) is 6.87. The maximum absolute atomic E-state index is 13.3. The smallest absolute Gasteiger partial charge is 0.250 e. The molecule has 21 heavy (non-hydrogen) atoms. The third kappa shape index (κ3) is 4.37. The minimum absolute atomic E-state index is 0.109. The number of pyridine rings is 1. The summed E-state index contributed by atoms with van der Waals surface area (Å²) in [7, 11) is 0. The van der Waals surface area contributed by atoms with E-state index in [9.17, 15) is 9.18 Å². The molecule has 2 rings (SSSR count). The molecule has 1 heterocycles. The van der Waals surface area contributed by atoms with Crippen molar-refractivity contribution < 1.29 is 9.13 Å². The number of ether oxygens (including phenoxy) is 1. The normalized spacial score (nSPS) is 9.81. The Kier molecular flexibility index (Phi) is 5.42. The molecule has 5 heteroatoms. The zero-order chi connectivity index (χ0) is 15.1. The Balaban J connectivity index is 2.07. The second-order valence-electron chi connectivity index (χ2n) is 4.16. The highest BCUT2D eigenvalue weighted by atomic mass is 35.5. The van der Waals surface area contributed by atoms with E-state index < -0.39 is 5.82 Å². The summed E-state index contributed by atoms with van der Waals surface area (Å²) >= 11 is 5.51. The van der Waals surface area contributed by atoms with Crippen LogP contribution in [0.3, 0.4) is 0 Å². The molecule has 2 aromatic rings. The van der Waals surface area contributed by atoms with Gasteiger partial charge in [-0.3, -0.25) is 4.79 Å². The van der Waals surface area contributed by atoms with Crippen molar-refractivity contribution in [2.24, 2.45) is 0 Å². The molecule has 108 valence electrons. The summed E-state index contributed by atoms with van der Waals surface area (Å²) in [5, 5.41) is 0. The van der Waals surface area contributed by atoms with E-state index in [4.69, 9.17) is 16.3 Å². The van der Waals surface area contributed by atoms with Gasteiger partial charge in [0.05, 0.1) is 18.0 Å². The molecular formula is C16H13ClFNO2. The highest BCUT2D eigenvalue weighted by Crippen LogP contribution is 2.19. The van der Waals surface area contributed by atoms with Crippen LogP contribution in [-0.2, 0) is 6.54 Å². The van der Waals surface area contributed by atoms with Gasteiger partial charge in [-0.25, -0.2) is 4.39 Å². The van der Waals surface area contributed by atoms with E-state index in [0.717, 1.165) is 0 Å². The Morgan fingerprint density at radius 3 is 2.90 bits per heavy atom. The summed E-state index contributed by atoms with van der Waals surface area (Å²) in [6.07, 6.45) is 1.67. The average molecular weight is 306 g/mol. The number of aromatic nitrogens is 1. The molecule has 1 aromatic carbocycles. The molecule has 0 N–H and O–H groups in total. The molecule has 0 fully saturated rings. The van der Waals surface area contributed by atoms with Gasteiger partial charge < -0.3 is 9.30 Å². The van der Waals surface area contributed by atoms with Gasteiger partial charge in [0.25, 0.3) is 5.56 Å². The van der Waals surface area contributed by atoms with Crippen molar-refractivity contribution >= 4 is 11.6 Å². The highest BCUT2D eigenvalue weighted by Gasteiger charge is 2.04. The van der Waals surface area contributed by atoms with Gasteiger partial charge in [-0.15, -0.1) is 11.6 Å². The Morgan fingerprint density at radius 2 is 2.14 bits per heavy atom. The van der Waals surface area contributed by atoms with E-state index in [-0.39, 0.29) is 18.0 Å². The molecule has 0 radical (unpaired) electrons. The van der Waals surface area contributed by atoms with Crippen molar-refractivity contribution in [2.45, 2.75) is 6.54 Å². The van der Waals surface area contributed by atoms with Crippen molar-refractivity contribution in [3.8, 4) is 17.6 Å². The third-order valence-electron chi connectivity index (χ3n) is 2.72. The predicted molar refractivity (Wildman–Crippen MR) is 80.2 cm³/mol. The van der Waals surface area contributed by atoms with Crippen molar-refractivity contribution in [1.29, 1.82) is 0 Å². The topological polar surface area (TPSA) is 31.2 Å². The van der Waals surface area contributed by atoms with Gasteiger partial charge in [0, 0.05) is 18.3 Å². The van der Waals surface area contributed by atoms with Crippen molar-refractivity contribution in [1.82, 2.24) is 4.57 Å². The lowest BCUT2D eigenvalue weighted by molar-refractivity contribution is 0.294. The number of nitrogens with zero attached hydrogens (tertiary/aromatic N) is 1. The summed E-state index contributed by atoms with van der Waals surface area (Å²) in [4.78, 5) is 11.5. The van der Waals surface area contributed by atoms with Crippen LogP contribution in [0.4, 0.5) is 4.39 Å². The van der Waals surface area contributed by atoms with Crippen LogP contribution in [0.25, 0.3) is 0 Å². The molecule has 0 saturated carbocycles. The van der Waals surface area contributed by atoms with E-state index >= 15 is 0 Å². The maximum atomic E-state index is 13.3. The molecule has 0 aliphatic carbocycles. The van der Waals surface area contributed by atoms with E-state index in [0.29, 0.717) is 17.9 Å². The van der Waals surface area contributed by atoms with Crippen LogP contribution in [0, 0.1) is 17.7 Å². The third-order valence-corrected chi connectivity index (χ3v) is 2.86. The quantitative estimate of drug-likeness (QED) is 0.642. The summed E-state index contributed by atoms with van der Waals surface area (Å²) in [6, 6.07) is 9.03. The second kappa shape index (κ2) is 7.51. The standard InChI is InChI=1S/C16H13ClFNO2/c17-8-3-4-13-6-7-14(18)12-15(13)21-11-10-19-9-2-1-5-16(19)20/h1-2,5-7,9,12H,8,10-11H2. The van der Waals surface area contributed by atoms with Gasteiger partial charge in [0.15, 0.2) is 0 Å². The fraction of sp³-hybridized carbons (Fsp3) is 0.188. The Labute approximate surface area is 126 Å². The monoisotopic (exact) mass is 305 g/mol. The van der Waals surface area contributed by atoms with Crippen LogP contribution < -0.4 is 10.3 Å². The molecule has 0 aliphatic heterocycles. The van der Waals surface area contributed by atoms with Crippen LogP contribution in [-0.4, -0.2) is 17.1 Å². The molecular weight excluding hydrogens is 293 g/mol. The Bertz CT molecular complexity index is 731. The summed E-state index contributed by atoms with van der Waals surface area (Å²) < 4.78 is 20.3. The van der Waals surface area contributed by atoms with E-state index in [1.165, 1.54) is 22.8 Å². The van der Waals surface area contributed by atoms with Crippen molar-refractivity contribution in [3.63, 3.8) is 0 Å². The van der Waals surface area contributed by atoms with Gasteiger partial charge in [-0.05, 0) is 18.2 Å². The van der Waals surface area contributed by atoms with Crippen molar-refractivity contribution in [2.75, 3.05) is 12.5 Å². The number of alkyl halides is 1. The first kappa shape index (κ1) is 15.1. The van der Waals surface area contributed by atoms with Gasteiger partial charge in [0.1, 0.15) is 18.2 Å². The Hall–Kier alpha value is -2.25. The van der Waals surface area contributed by atoms with E-state index in [2.05, 4.69) is 11.8 Å². The number of hydrogen-bond donors (Lipinski definition) is 0. The molecule has 0 amide bonds. The number of rotatable bonds is 4. The first-order valence-electron chi connectivity index (χ1n) is 6.33. The highest BCUT2D eigenvalue weighted by molar-refractivity contribution is 6.19. The van der Waals surface area contributed by atoms with E-state index in [1.807, 2.05) is 0 Å². The summed E-state index contributed by atoms with van der Waals surface area (Å²) in [6.45, 7) is 0.613. The van der Waals surface area contributed by atoms with Gasteiger partial charge >= 0.3 is 0 Å². The lowest BCUT2D eigenvalue weighted by Crippen LogP contribution is -2.21. The molecule has 0 saturated heterocycles. The van der Waals surface area contributed by atoms with Crippen LogP contribution >= 0.6 is 11.6 Å². The molecule has 0 unspecified atom stereocenters. The largest absolute Gasteiger partial charge is 0.490 e. The lowest BCUT2D eigenvalue weighted by Gasteiger charge is -2.09. The first-order chi connectivity index (χ1) is 10.2. The molecule has 0 spiro atoms. The average Bonchev–Trinajstić information content (AvgIpc) is 2.48. The maximum Gasteiger partial charge on any atom is 0.250 e. The lowest BCUT2D eigenvalue weighted by atomic mass is 10.2. The van der Waals surface area contributed by atoms with Crippen LogP contribution in [0.2, 0.25) is 0 Å². The van der Waals surface area contributed by atoms with Gasteiger partial charge in [-0.2, -0.15) is 0 Å². The fourth-order valence-corrected chi connectivity index (χ4v) is 1.81.